The van der Waals surface area contributed by atoms with Crippen LogP contribution in [-0.2, 0) is 0 Å². The number of anilines is 1. The van der Waals surface area contributed by atoms with E-state index in [2.05, 4.69) is 32.5 Å². The maximum atomic E-state index is 5.71. The van der Waals surface area contributed by atoms with Gasteiger partial charge in [-0.2, -0.15) is 9.36 Å². The van der Waals surface area contributed by atoms with E-state index in [0.29, 0.717) is 5.28 Å². The lowest BCUT2D eigenvalue weighted by Gasteiger charge is -2.27. The molecule has 0 bridgehead atoms. The molecule has 0 saturated heterocycles. The highest BCUT2D eigenvalue weighted by Crippen LogP contribution is 2.26. The van der Waals surface area contributed by atoms with Crippen molar-refractivity contribution in [1.82, 2.24) is 9.36 Å². The summed E-state index contributed by atoms with van der Waals surface area (Å²) in [6.45, 7) is 8.95. The lowest BCUT2D eigenvalue weighted by atomic mass is 10.1. The fraction of sp³-hybridized carbons (Fsp3) is 0.300. The van der Waals surface area contributed by atoms with Gasteiger partial charge in [-0.05, 0) is 23.9 Å². The zero-order valence-corrected chi connectivity index (χ0v) is 10.3. The molecule has 2 heterocycles. The quantitative estimate of drug-likeness (QED) is 0.779. The molecule has 0 unspecified atom stereocenters. The van der Waals surface area contributed by atoms with E-state index in [1.807, 2.05) is 6.08 Å². The highest BCUT2D eigenvalue weighted by Gasteiger charge is 2.19. The third-order valence-corrected chi connectivity index (χ3v) is 3.49. The van der Waals surface area contributed by atoms with Crippen molar-refractivity contribution in [3.63, 3.8) is 0 Å². The monoisotopic (exact) mass is 254 g/mol. The SMILES string of the molecule is C=CC1=C(N=C)CCN(c2nc(Cl)ns2)C1. The van der Waals surface area contributed by atoms with E-state index in [0.717, 1.165) is 35.9 Å². The summed E-state index contributed by atoms with van der Waals surface area (Å²) in [7, 11) is 0. The molecule has 0 aliphatic carbocycles. The van der Waals surface area contributed by atoms with Gasteiger partial charge in [-0.1, -0.05) is 12.7 Å². The fourth-order valence-corrected chi connectivity index (χ4v) is 2.46. The minimum atomic E-state index is 0.303. The Labute approximate surface area is 103 Å². The Morgan fingerprint density at radius 3 is 2.94 bits per heavy atom. The summed E-state index contributed by atoms with van der Waals surface area (Å²) in [5.41, 5.74) is 2.11. The molecule has 2 rings (SSSR count). The standard InChI is InChI=1S/C10H11ClN4S/c1-3-7-6-15(5-4-8(7)12-2)10-13-9(11)14-16-10/h3H,1-2,4-6H2. The van der Waals surface area contributed by atoms with Gasteiger partial charge in [-0.3, -0.25) is 4.99 Å². The van der Waals surface area contributed by atoms with Gasteiger partial charge in [0.05, 0.1) is 0 Å². The predicted molar refractivity (Wildman–Crippen MR) is 68.5 cm³/mol. The van der Waals surface area contributed by atoms with Gasteiger partial charge < -0.3 is 4.90 Å². The van der Waals surface area contributed by atoms with Gasteiger partial charge in [0.2, 0.25) is 10.4 Å². The first-order chi connectivity index (χ1) is 7.74. The second-order valence-electron chi connectivity index (χ2n) is 3.35. The molecule has 1 aromatic rings. The summed E-state index contributed by atoms with van der Waals surface area (Å²) in [6, 6.07) is 0. The lowest BCUT2D eigenvalue weighted by Crippen LogP contribution is -2.30. The number of hydrogen-bond acceptors (Lipinski definition) is 5. The van der Waals surface area contributed by atoms with Gasteiger partial charge >= 0.3 is 0 Å². The number of aliphatic imine (C=N–C) groups is 1. The number of nitrogens with zero attached hydrogens (tertiary/aromatic N) is 4. The van der Waals surface area contributed by atoms with Crippen molar-refractivity contribution < 1.29 is 0 Å². The number of halogens is 1. The van der Waals surface area contributed by atoms with Crippen molar-refractivity contribution in [3.8, 4) is 0 Å². The van der Waals surface area contributed by atoms with Crippen molar-refractivity contribution in [1.29, 1.82) is 0 Å². The van der Waals surface area contributed by atoms with E-state index in [-0.39, 0.29) is 0 Å². The van der Waals surface area contributed by atoms with Crippen LogP contribution in [0.3, 0.4) is 0 Å². The molecule has 0 atom stereocenters. The first kappa shape index (κ1) is 11.3. The Kier molecular flexibility index (Phi) is 3.36. The molecule has 0 radical (unpaired) electrons. The minimum absolute atomic E-state index is 0.303. The molecule has 4 nitrogen and oxygen atoms in total. The van der Waals surface area contributed by atoms with Crippen molar-refractivity contribution in [2.45, 2.75) is 6.42 Å². The summed E-state index contributed by atoms with van der Waals surface area (Å²) in [5, 5.41) is 1.14. The van der Waals surface area contributed by atoms with Gasteiger partial charge in [-0.15, -0.1) is 0 Å². The highest BCUT2D eigenvalue weighted by atomic mass is 35.5. The van der Waals surface area contributed by atoms with Gasteiger partial charge in [0.15, 0.2) is 0 Å². The molecule has 0 amide bonds. The molecule has 1 aromatic heterocycles. The third-order valence-electron chi connectivity index (χ3n) is 2.45. The van der Waals surface area contributed by atoms with E-state index < -0.39 is 0 Å². The third kappa shape index (κ3) is 2.15. The summed E-state index contributed by atoms with van der Waals surface area (Å²) < 4.78 is 3.96. The van der Waals surface area contributed by atoms with Gasteiger partial charge in [0.1, 0.15) is 0 Å². The van der Waals surface area contributed by atoms with Crippen LogP contribution in [0.2, 0.25) is 5.28 Å². The first-order valence-electron chi connectivity index (χ1n) is 4.80. The van der Waals surface area contributed by atoms with E-state index in [1.165, 1.54) is 11.5 Å². The van der Waals surface area contributed by atoms with E-state index in [4.69, 9.17) is 11.6 Å². The summed E-state index contributed by atoms with van der Waals surface area (Å²) in [5.74, 6) is 0. The van der Waals surface area contributed by atoms with E-state index in [1.54, 1.807) is 0 Å². The van der Waals surface area contributed by atoms with Crippen LogP contribution in [0.1, 0.15) is 6.42 Å². The average Bonchev–Trinajstić information content (AvgIpc) is 2.75. The zero-order chi connectivity index (χ0) is 11.5. The molecule has 0 saturated carbocycles. The van der Waals surface area contributed by atoms with Crippen molar-refractivity contribution >= 4 is 35.0 Å². The van der Waals surface area contributed by atoms with Crippen LogP contribution in [0.5, 0.6) is 0 Å². The molecular formula is C10H11ClN4S. The van der Waals surface area contributed by atoms with Gasteiger partial charge in [0.25, 0.3) is 0 Å². The first-order valence-corrected chi connectivity index (χ1v) is 5.95. The largest absolute Gasteiger partial charge is 0.342 e. The highest BCUT2D eigenvalue weighted by molar-refractivity contribution is 7.10. The van der Waals surface area contributed by atoms with Crippen molar-refractivity contribution in [3.05, 3.63) is 29.2 Å². The molecule has 16 heavy (non-hydrogen) atoms. The molecule has 84 valence electrons. The van der Waals surface area contributed by atoms with Crippen LogP contribution in [-0.4, -0.2) is 29.2 Å². The minimum Gasteiger partial charge on any atom is -0.342 e. The molecule has 1 aliphatic rings. The average molecular weight is 255 g/mol. The van der Waals surface area contributed by atoms with Gasteiger partial charge in [0, 0.05) is 36.7 Å². The van der Waals surface area contributed by atoms with Crippen LogP contribution in [0.15, 0.2) is 28.9 Å². The molecule has 0 spiro atoms. The van der Waals surface area contributed by atoms with Crippen LogP contribution in [0, 0.1) is 0 Å². The van der Waals surface area contributed by atoms with Crippen LogP contribution >= 0.6 is 23.1 Å². The normalized spacial score (nSPS) is 16.4. The summed E-state index contributed by atoms with van der Waals surface area (Å²) in [6.07, 6.45) is 2.67. The number of rotatable bonds is 3. The van der Waals surface area contributed by atoms with E-state index in [9.17, 15) is 0 Å². The smallest absolute Gasteiger partial charge is 0.236 e. The summed E-state index contributed by atoms with van der Waals surface area (Å²) in [4.78, 5) is 10.3. The Hall–Kier alpha value is -1.20. The fourth-order valence-electron chi connectivity index (χ4n) is 1.63. The second kappa shape index (κ2) is 4.76. The Morgan fingerprint density at radius 1 is 1.56 bits per heavy atom. The molecular weight excluding hydrogens is 244 g/mol. The maximum Gasteiger partial charge on any atom is 0.236 e. The summed E-state index contributed by atoms with van der Waals surface area (Å²) >= 11 is 7.01. The number of hydrogen-bond donors (Lipinski definition) is 0. The second-order valence-corrected chi connectivity index (χ2v) is 4.42. The molecule has 0 N–H and O–H groups in total. The molecule has 6 heteroatoms. The number of aromatic nitrogens is 2. The Bertz CT molecular complexity index is 451. The molecule has 1 aliphatic heterocycles. The zero-order valence-electron chi connectivity index (χ0n) is 8.69. The van der Waals surface area contributed by atoms with Crippen LogP contribution in [0.25, 0.3) is 0 Å². The predicted octanol–water partition coefficient (Wildman–Crippen LogP) is 2.54. The molecule has 0 aromatic carbocycles. The van der Waals surface area contributed by atoms with Gasteiger partial charge in [-0.25, -0.2) is 0 Å². The topological polar surface area (TPSA) is 41.4 Å². The lowest BCUT2D eigenvalue weighted by molar-refractivity contribution is 0.760. The van der Waals surface area contributed by atoms with Crippen LogP contribution < -0.4 is 4.90 Å². The van der Waals surface area contributed by atoms with Crippen molar-refractivity contribution in [2.24, 2.45) is 4.99 Å². The van der Waals surface area contributed by atoms with Crippen molar-refractivity contribution in [2.75, 3.05) is 18.0 Å². The Morgan fingerprint density at radius 2 is 2.38 bits per heavy atom. The van der Waals surface area contributed by atoms with Crippen LogP contribution in [0.4, 0.5) is 5.13 Å². The van der Waals surface area contributed by atoms with E-state index >= 15 is 0 Å². The molecule has 0 fully saturated rings. The Balaban J connectivity index is 2.21. The maximum absolute atomic E-state index is 5.71.